The highest BCUT2D eigenvalue weighted by molar-refractivity contribution is 14.0. The Morgan fingerprint density at radius 2 is 2.00 bits per heavy atom. The summed E-state index contributed by atoms with van der Waals surface area (Å²) < 4.78 is 15.9. The summed E-state index contributed by atoms with van der Waals surface area (Å²) >= 11 is 0. The van der Waals surface area contributed by atoms with Crippen LogP contribution in [-0.2, 0) is 19.4 Å². The summed E-state index contributed by atoms with van der Waals surface area (Å²) in [5.74, 6) is 2.49. The number of aromatic nitrogens is 1. The van der Waals surface area contributed by atoms with Crippen LogP contribution in [0.25, 0.3) is 0 Å². The van der Waals surface area contributed by atoms with E-state index in [0.29, 0.717) is 23.7 Å². The largest absolute Gasteiger partial charge is 0.497 e. The van der Waals surface area contributed by atoms with Gasteiger partial charge in [0.1, 0.15) is 17.3 Å². The van der Waals surface area contributed by atoms with Crippen molar-refractivity contribution in [3.05, 3.63) is 35.2 Å². The number of nitrogens with zero attached hydrogens (tertiary/aromatic N) is 2. The van der Waals surface area contributed by atoms with E-state index in [2.05, 4.69) is 15.5 Å². The molecule has 0 atom stereocenters. The second kappa shape index (κ2) is 10.1. The zero-order chi connectivity index (χ0) is 17.5. The molecule has 2 aromatic rings. The summed E-state index contributed by atoms with van der Waals surface area (Å²) in [6.45, 7) is 4.48. The first-order chi connectivity index (χ1) is 11.6. The highest BCUT2D eigenvalue weighted by atomic mass is 127. The Kier molecular flexibility index (Phi) is 8.53. The van der Waals surface area contributed by atoms with Gasteiger partial charge in [-0.3, -0.25) is 0 Å². The highest BCUT2D eigenvalue weighted by Gasteiger charge is 2.13. The zero-order valence-corrected chi connectivity index (χ0v) is 17.3. The fraction of sp³-hybridized carbons (Fsp3) is 0.412. The summed E-state index contributed by atoms with van der Waals surface area (Å²) in [6.07, 6.45) is 1.57. The van der Waals surface area contributed by atoms with Crippen molar-refractivity contribution in [2.24, 2.45) is 10.7 Å². The molecule has 0 spiro atoms. The number of anilines is 1. The topological polar surface area (TPSA) is 94.9 Å². The number of methoxy groups -OCH3 is 2. The summed E-state index contributed by atoms with van der Waals surface area (Å²) in [4.78, 5) is 4.40. The molecule has 0 saturated carbocycles. The number of hydrogen-bond donors (Lipinski definition) is 2. The van der Waals surface area contributed by atoms with Crippen molar-refractivity contribution in [3.63, 3.8) is 0 Å². The lowest BCUT2D eigenvalue weighted by Crippen LogP contribution is -2.23. The molecule has 7 nitrogen and oxygen atoms in total. The zero-order valence-electron chi connectivity index (χ0n) is 15.0. The molecule has 0 saturated heterocycles. The van der Waals surface area contributed by atoms with Crippen LogP contribution in [0.5, 0.6) is 11.5 Å². The molecule has 0 aliphatic rings. The SMILES string of the molecule is CCc1noc(CC)c1CN=C(N)Nc1cc(OC)ccc1OC.I. The summed E-state index contributed by atoms with van der Waals surface area (Å²) in [6, 6.07) is 5.42. The third kappa shape index (κ3) is 5.25. The monoisotopic (exact) mass is 460 g/mol. The number of aryl methyl sites for hydroxylation is 2. The Morgan fingerprint density at radius 3 is 2.60 bits per heavy atom. The number of aliphatic imine (C=N–C) groups is 1. The Labute approximate surface area is 165 Å². The van der Waals surface area contributed by atoms with Crippen molar-refractivity contribution >= 4 is 35.6 Å². The van der Waals surface area contributed by atoms with Gasteiger partial charge in [-0.15, -0.1) is 24.0 Å². The minimum atomic E-state index is 0. The number of halogens is 1. The van der Waals surface area contributed by atoms with Gasteiger partial charge in [0.05, 0.1) is 32.1 Å². The summed E-state index contributed by atoms with van der Waals surface area (Å²) in [5, 5.41) is 7.12. The van der Waals surface area contributed by atoms with Crippen molar-refractivity contribution in [2.45, 2.75) is 33.2 Å². The fourth-order valence-corrected chi connectivity index (χ4v) is 2.37. The molecule has 0 aliphatic heterocycles. The molecular formula is C17H25IN4O3. The lowest BCUT2D eigenvalue weighted by Gasteiger charge is -2.12. The van der Waals surface area contributed by atoms with E-state index in [4.69, 9.17) is 19.7 Å². The average Bonchev–Trinajstić information content (AvgIpc) is 3.01. The number of nitrogens with two attached hydrogens (primary N) is 1. The Hall–Kier alpha value is -1.97. The predicted octanol–water partition coefficient (Wildman–Crippen LogP) is 3.36. The molecule has 0 unspecified atom stereocenters. The minimum Gasteiger partial charge on any atom is -0.497 e. The standard InChI is InChI=1S/C17H24N4O3.HI/c1-5-13-12(15(6-2)24-21-13)10-19-17(18)20-14-9-11(22-3)7-8-16(14)23-4;/h7-9H,5-6,10H2,1-4H3,(H3,18,19,20);1H. The van der Waals surface area contributed by atoms with Crippen molar-refractivity contribution in [1.29, 1.82) is 0 Å². The van der Waals surface area contributed by atoms with Crippen LogP contribution in [0.3, 0.4) is 0 Å². The highest BCUT2D eigenvalue weighted by Crippen LogP contribution is 2.28. The van der Waals surface area contributed by atoms with Crippen molar-refractivity contribution in [1.82, 2.24) is 5.16 Å². The molecule has 2 rings (SSSR count). The van der Waals surface area contributed by atoms with Gasteiger partial charge < -0.3 is 25.0 Å². The molecule has 1 heterocycles. The lowest BCUT2D eigenvalue weighted by atomic mass is 10.1. The van der Waals surface area contributed by atoms with Crippen LogP contribution in [0.15, 0.2) is 27.7 Å². The molecule has 138 valence electrons. The molecule has 0 aliphatic carbocycles. The van der Waals surface area contributed by atoms with Gasteiger partial charge in [0.15, 0.2) is 5.96 Å². The van der Waals surface area contributed by atoms with E-state index in [9.17, 15) is 0 Å². The van der Waals surface area contributed by atoms with Crippen LogP contribution in [0.1, 0.15) is 30.9 Å². The third-order valence-corrected chi connectivity index (χ3v) is 3.68. The van der Waals surface area contributed by atoms with Gasteiger partial charge >= 0.3 is 0 Å². The van der Waals surface area contributed by atoms with Gasteiger partial charge in [-0.05, 0) is 18.6 Å². The van der Waals surface area contributed by atoms with Crippen molar-refractivity contribution < 1.29 is 14.0 Å². The minimum absolute atomic E-state index is 0. The van der Waals surface area contributed by atoms with Gasteiger partial charge in [-0.2, -0.15) is 0 Å². The first-order valence-corrected chi connectivity index (χ1v) is 7.88. The maximum atomic E-state index is 6.01. The Morgan fingerprint density at radius 1 is 1.24 bits per heavy atom. The van der Waals surface area contributed by atoms with E-state index >= 15 is 0 Å². The van der Waals surface area contributed by atoms with Crippen LogP contribution in [0, 0.1) is 0 Å². The van der Waals surface area contributed by atoms with E-state index in [-0.39, 0.29) is 29.9 Å². The molecule has 3 N–H and O–H groups in total. The maximum absolute atomic E-state index is 6.01. The van der Waals surface area contributed by atoms with Crippen LogP contribution < -0.4 is 20.5 Å². The van der Waals surface area contributed by atoms with E-state index in [1.807, 2.05) is 19.9 Å². The van der Waals surface area contributed by atoms with Crippen LogP contribution in [0.4, 0.5) is 5.69 Å². The van der Waals surface area contributed by atoms with Gasteiger partial charge in [-0.25, -0.2) is 4.99 Å². The maximum Gasteiger partial charge on any atom is 0.193 e. The van der Waals surface area contributed by atoms with E-state index in [1.54, 1.807) is 26.4 Å². The summed E-state index contributed by atoms with van der Waals surface area (Å²) in [5.41, 5.74) is 8.62. The Balaban J connectivity index is 0.00000312. The normalized spacial score (nSPS) is 11.0. The van der Waals surface area contributed by atoms with Gasteiger partial charge in [0.25, 0.3) is 0 Å². The molecule has 0 fully saturated rings. The van der Waals surface area contributed by atoms with Gasteiger partial charge in [0.2, 0.25) is 0 Å². The number of guanidine groups is 1. The number of rotatable bonds is 7. The van der Waals surface area contributed by atoms with Crippen LogP contribution in [0.2, 0.25) is 0 Å². The van der Waals surface area contributed by atoms with Crippen LogP contribution >= 0.6 is 24.0 Å². The quantitative estimate of drug-likeness (QED) is 0.374. The molecule has 8 heteroatoms. The van der Waals surface area contributed by atoms with E-state index in [0.717, 1.165) is 29.9 Å². The van der Waals surface area contributed by atoms with Gasteiger partial charge in [-0.1, -0.05) is 19.0 Å². The fourth-order valence-electron chi connectivity index (χ4n) is 2.37. The number of ether oxygens (including phenoxy) is 2. The van der Waals surface area contributed by atoms with E-state index in [1.165, 1.54) is 0 Å². The second-order valence-corrected chi connectivity index (χ2v) is 5.13. The molecular weight excluding hydrogens is 435 g/mol. The first kappa shape index (κ1) is 21.1. The summed E-state index contributed by atoms with van der Waals surface area (Å²) in [7, 11) is 3.20. The second-order valence-electron chi connectivity index (χ2n) is 5.13. The molecule has 1 aromatic heterocycles. The molecule has 25 heavy (non-hydrogen) atoms. The van der Waals surface area contributed by atoms with Crippen molar-refractivity contribution in [3.8, 4) is 11.5 Å². The predicted molar refractivity (Wildman–Crippen MR) is 109 cm³/mol. The average molecular weight is 460 g/mol. The number of hydrogen-bond acceptors (Lipinski definition) is 5. The van der Waals surface area contributed by atoms with Gasteiger partial charge in [0, 0.05) is 18.1 Å². The number of nitrogens with one attached hydrogen (secondary N) is 1. The molecule has 0 bridgehead atoms. The molecule has 0 radical (unpaired) electrons. The van der Waals surface area contributed by atoms with Crippen LogP contribution in [-0.4, -0.2) is 25.3 Å². The number of benzene rings is 1. The molecule has 0 amide bonds. The van der Waals surface area contributed by atoms with Crippen molar-refractivity contribution in [2.75, 3.05) is 19.5 Å². The third-order valence-electron chi connectivity index (χ3n) is 3.68. The smallest absolute Gasteiger partial charge is 0.193 e. The first-order valence-electron chi connectivity index (χ1n) is 7.88. The molecule has 1 aromatic carbocycles. The lowest BCUT2D eigenvalue weighted by molar-refractivity contribution is 0.380. The van der Waals surface area contributed by atoms with E-state index < -0.39 is 0 Å². The Bertz CT molecular complexity index is 694.